The normalized spacial score (nSPS) is 15.3. The molecule has 1 saturated carbocycles. The number of amides is 1. The van der Waals surface area contributed by atoms with Crippen LogP contribution in [-0.2, 0) is 31.5 Å². The van der Waals surface area contributed by atoms with Crippen LogP contribution in [-0.4, -0.2) is 26.3 Å². The number of rotatable bonds is 8. The molecule has 3 rings (SSSR count). The van der Waals surface area contributed by atoms with Gasteiger partial charge in [-0.25, -0.2) is 4.39 Å². The number of nitrogens with one attached hydrogen (secondary N) is 1. The maximum Gasteiger partial charge on any atom is 0.217 e. The van der Waals surface area contributed by atoms with Crippen LogP contribution in [0.3, 0.4) is 0 Å². The molecule has 8 heteroatoms. The zero-order valence-corrected chi connectivity index (χ0v) is 15.1. The molecular weight excluding hydrogens is 341 g/mol. The Morgan fingerprint density at radius 1 is 1.40 bits per heavy atom. The van der Waals surface area contributed by atoms with Gasteiger partial charge >= 0.3 is 0 Å². The molecule has 134 valence electrons. The van der Waals surface area contributed by atoms with Crippen molar-refractivity contribution in [3.63, 3.8) is 0 Å². The van der Waals surface area contributed by atoms with Crippen LogP contribution in [0.5, 0.6) is 0 Å². The molecule has 2 aromatic rings. The first-order chi connectivity index (χ1) is 11.9. The molecule has 1 heterocycles. The zero-order valence-electron chi connectivity index (χ0n) is 14.2. The van der Waals surface area contributed by atoms with Crippen LogP contribution in [0, 0.1) is 10.6 Å². The van der Waals surface area contributed by atoms with Crippen molar-refractivity contribution in [3.8, 4) is 0 Å². The third kappa shape index (κ3) is 4.52. The van der Waals surface area contributed by atoms with E-state index >= 15 is 0 Å². The summed E-state index contributed by atoms with van der Waals surface area (Å²) in [6.45, 7) is 1.46. The van der Waals surface area contributed by atoms with E-state index in [1.807, 2.05) is 28.4 Å². The number of nitrogens with zero attached hydrogens (tertiary/aromatic N) is 3. The smallest absolute Gasteiger partial charge is 0.217 e. The second-order valence-electron chi connectivity index (χ2n) is 6.62. The Morgan fingerprint density at radius 2 is 2.08 bits per heavy atom. The largest absolute Gasteiger partial charge is 0.370 e. The molecule has 1 aliphatic carbocycles. The molecule has 0 spiro atoms. The van der Waals surface area contributed by atoms with Crippen LogP contribution in [0.15, 0.2) is 24.3 Å². The van der Waals surface area contributed by atoms with Crippen LogP contribution in [0.4, 0.5) is 4.39 Å². The second kappa shape index (κ2) is 7.45. The number of halogens is 1. The molecule has 0 radical (unpaired) electrons. The van der Waals surface area contributed by atoms with E-state index in [9.17, 15) is 9.18 Å². The predicted molar refractivity (Wildman–Crippen MR) is 93.6 cm³/mol. The quantitative estimate of drug-likeness (QED) is 0.678. The average molecular weight is 364 g/mol. The fourth-order valence-corrected chi connectivity index (χ4v) is 3.18. The SMILES string of the molecule is Cn1c(CCC(N)=O)nn(C[NH+](Cc2ccc(F)cc2)C2CC2)c1=S. The molecule has 25 heavy (non-hydrogen) atoms. The molecule has 1 aromatic carbocycles. The van der Waals surface area contributed by atoms with Crippen molar-refractivity contribution in [3.05, 3.63) is 46.2 Å². The minimum Gasteiger partial charge on any atom is -0.370 e. The maximum absolute atomic E-state index is 13.1. The van der Waals surface area contributed by atoms with Gasteiger partial charge in [0.1, 0.15) is 18.2 Å². The van der Waals surface area contributed by atoms with Gasteiger partial charge in [0.15, 0.2) is 6.67 Å². The topological polar surface area (TPSA) is 70.3 Å². The highest BCUT2D eigenvalue weighted by Gasteiger charge is 2.34. The second-order valence-corrected chi connectivity index (χ2v) is 6.98. The van der Waals surface area contributed by atoms with Gasteiger partial charge in [-0.3, -0.25) is 4.79 Å². The Bertz CT molecular complexity index is 809. The van der Waals surface area contributed by atoms with Gasteiger partial charge in [0, 0.05) is 38.3 Å². The number of primary amides is 1. The van der Waals surface area contributed by atoms with E-state index in [1.54, 1.807) is 0 Å². The van der Waals surface area contributed by atoms with Gasteiger partial charge in [0.05, 0.1) is 6.04 Å². The number of carbonyl (C=O) groups is 1. The molecule has 1 amide bonds. The maximum atomic E-state index is 13.1. The van der Waals surface area contributed by atoms with E-state index in [1.165, 1.54) is 29.9 Å². The number of benzene rings is 1. The minimum absolute atomic E-state index is 0.220. The number of quaternary nitrogens is 1. The summed E-state index contributed by atoms with van der Waals surface area (Å²) < 4.78 is 17.4. The summed E-state index contributed by atoms with van der Waals surface area (Å²) in [6, 6.07) is 7.23. The summed E-state index contributed by atoms with van der Waals surface area (Å²) in [6.07, 6.45) is 3.12. The number of aromatic nitrogens is 3. The highest BCUT2D eigenvalue weighted by molar-refractivity contribution is 7.71. The summed E-state index contributed by atoms with van der Waals surface area (Å²) >= 11 is 5.49. The first-order valence-electron chi connectivity index (χ1n) is 8.44. The summed E-state index contributed by atoms with van der Waals surface area (Å²) in [5.41, 5.74) is 6.32. The molecule has 1 atom stereocenters. The van der Waals surface area contributed by atoms with Gasteiger partial charge in [0.2, 0.25) is 10.7 Å². The van der Waals surface area contributed by atoms with Crippen molar-refractivity contribution in [1.82, 2.24) is 14.3 Å². The monoisotopic (exact) mass is 364 g/mol. The van der Waals surface area contributed by atoms with E-state index in [2.05, 4.69) is 5.10 Å². The molecule has 6 nitrogen and oxygen atoms in total. The van der Waals surface area contributed by atoms with E-state index < -0.39 is 0 Å². The molecule has 0 aliphatic heterocycles. The minimum atomic E-state index is -0.345. The van der Waals surface area contributed by atoms with Gasteiger partial charge in [0.25, 0.3) is 0 Å². The van der Waals surface area contributed by atoms with Crippen molar-refractivity contribution in [2.24, 2.45) is 12.8 Å². The summed E-state index contributed by atoms with van der Waals surface area (Å²) in [7, 11) is 1.86. The van der Waals surface area contributed by atoms with Crippen LogP contribution in [0.25, 0.3) is 0 Å². The number of nitrogens with two attached hydrogens (primary N) is 1. The van der Waals surface area contributed by atoms with E-state index in [0.717, 1.165) is 17.9 Å². The highest BCUT2D eigenvalue weighted by atomic mass is 32.1. The van der Waals surface area contributed by atoms with Gasteiger partial charge in [-0.15, -0.1) is 0 Å². The molecule has 1 aromatic heterocycles. The molecule has 1 unspecified atom stereocenters. The fourth-order valence-electron chi connectivity index (χ4n) is 2.97. The molecule has 1 fully saturated rings. The Hall–Kier alpha value is -2.06. The lowest BCUT2D eigenvalue weighted by atomic mass is 10.2. The van der Waals surface area contributed by atoms with Crippen molar-refractivity contribution in [2.75, 3.05) is 0 Å². The lowest BCUT2D eigenvalue weighted by Crippen LogP contribution is -3.11. The summed E-state index contributed by atoms with van der Waals surface area (Å²) in [4.78, 5) is 12.4. The Morgan fingerprint density at radius 3 is 2.68 bits per heavy atom. The van der Waals surface area contributed by atoms with Gasteiger partial charge in [-0.1, -0.05) is 12.1 Å². The van der Waals surface area contributed by atoms with Crippen molar-refractivity contribution >= 4 is 18.1 Å². The predicted octanol–water partition coefficient (Wildman–Crippen LogP) is 0.713. The number of aryl methyl sites for hydroxylation is 1. The van der Waals surface area contributed by atoms with Crippen LogP contribution < -0.4 is 10.6 Å². The van der Waals surface area contributed by atoms with Gasteiger partial charge in [-0.05, 0) is 24.4 Å². The first kappa shape index (κ1) is 17.8. The van der Waals surface area contributed by atoms with E-state index in [-0.39, 0.29) is 18.1 Å². The van der Waals surface area contributed by atoms with Crippen molar-refractivity contribution < 1.29 is 14.1 Å². The highest BCUT2D eigenvalue weighted by Crippen LogP contribution is 2.16. The standard InChI is InChI=1S/C17H22FN5OS/c1-21-16(9-8-15(19)24)20-23(17(21)25)11-22(14-6-7-14)10-12-2-4-13(18)5-3-12/h2-5,14H,6-11H2,1H3,(H2,19,24)/p+1. The van der Waals surface area contributed by atoms with Crippen LogP contribution >= 0.6 is 12.2 Å². The van der Waals surface area contributed by atoms with Gasteiger partial charge < -0.3 is 15.2 Å². The van der Waals surface area contributed by atoms with E-state index in [4.69, 9.17) is 18.0 Å². The molecule has 0 bridgehead atoms. The molecule has 0 saturated heterocycles. The molecule has 3 N–H and O–H groups in total. The molecular formula is C17H23FN5OS+. The Balaban J connectivity index is 1.74. The van der Waals surface area contributed by atoms with Crippen LogP contribution in [0.1, 0.15) is 30.7 Å². The van der Waals surface area contributed by atoms with E-state index in [0.29, 0.717) is 23.9 Å². The van der Waals surface area contributed by atoms with Gasteiger partial charge in [-0.2, -0.15) is 9.78 Å². The fraction of sp³-hybridized carbons (Fsp3) is 0.471. The zero-order chi connectivity index (χ0) is 18.0. The van der Waals surface area contributed by atoms with Crippen molar-refractivity contribution in [1.29, 1.82) is 0 Å². The van der Waals surface area contributed by atoms with Crippen molar-refractivity contribution in [2.45, 2.75) is 44.9 Å². The average Bonchev–Trinajstić information content (AvgIpc) is 3.38. The summed E-state index contributed by atoms with van der Waals surface area (Å²) in [5, 5.41) is 4.57. The third-order valence-electron chi connectivity index (χ3n) is 4.58. The lowest BCUT2D eigenvalue weighted by molar-refractivity contribution is -0.947. The number of hydrogen-bond acceptors (Lipinski definition) is 3. The molecule has 1 aliphatic rings. The Labute approximate surface area is 151 Å². The Kier molecular flexibility index (Phi) is 5.29. The lowest BCUT2D eigenvalue weighted by Gasteiger charge is -2.19. The summed E-state index contributed by atoms with van der Waals surface area (Å²) in [5.74, 6) is 0.200. The number of carbonyl (C=O) groups excluding carboxylic acids is 1. The number of hydrogen-bond donors (Lipinski definition) is 2. The first-order valence-corrected chi connectivity index (χ1v) is 8.85. The van der Waals surface area contributed by atoms with Crippen LogP contribution in [0.2, 0.25) is 0 Å². The third-order valence-corrected chi connectivity index (χ3v) is 5.06.